The van der Waals surface area contributed by atoms with Gasteiger partial charge in [0.15, 0.2) is 0 Å². The van der Waals surface area contributed by atoms with Crippen LogP contribution < -0.4 is 4.74 Å². The van der Waals surface area contributed by atoms with Gasteiger partial charge in [-0.15, -0.1) is 0 Å². The van der Waals surface area contributed by atoms with Gasteiger partial charge in [0.1, 0.15) is 18.2 Å². The fraction of sp³-hybridized carbons (Fsp3) is 0.357. The quantitative estimate of drug-likeness (QED) is 0.781. The van der Waals surface area contributed by atoms with E-state index in [4.69, 9.17) is 4.74 Å². The lowest BCUT2D eigenvalue weighted by Crippen LogP contribution is -2.06. The van der Waals surface area contributed by atoms with Gasteiger partial charge < -0.3 is 4.74 Å². The van der Waals surface area contributed by atoms with Gasteiger partial charge in [-0.3, -0.25) is 4.68 Å². The zero-order valence-electron chi connectivity index (χ0n) is 11.0. The number of rotatable bonds is 5. The maximum absolute atomic E-state index is 13.4. The van der Waals surface area contributed by atoms with Crippen LogP contribution in [0.4, 0.5) is 4.39 Å². The maximum Gasteiger partial charge on any atom is 0.130 e. The first-order valence-corrected chi connectivity index (χ1v) is 7.26. The van der Waals surface area contributed by atoms with Crippen LogP contribution in [0.5, 0.6) is 5.75 Å². The molecule has 19 heavy (non-hydrogen) atoms. The molecule has 1 aromatic carbocycles. The van der Waals surface area contributed by atoms with E-state index in [0.29, 0.717) is 17.7 Å². The van der Waals surface area contributed by atoms with Gasteiger partial charge in [-0.25, -0.2) is 4.39 Å². The molecule has 1 aromatic heterocycles. The van der Waals surface area contributed by atoms with Crippen LogP contribution >= 0.6 is 15.9 Å². The summed E-state index contributed by atoms with van der Waals surface area (Å²) >= 11 is 3.31. The average molecular weight is 327 g/mol. The standard InChI is InChI=1S/C14H16BrFN2O/c1-3-18-13(4-10(2)17-18)9-19-14-6-11(8-15)5-12(16)7-14/h4-7H,3,8-9H2,1-2H3. The second kappa shape index (κ2) is 6.19. The molecular formula is C14H16BrFN2O. The Bertz CT molecular complexity index is 569. The highest BCUT2D eigenvalue weighted by molar-refractivity contribution is 9.08. The molecule has 0 bridgehead atoms. The first-order valence-electron chi connectivity index (χ1n) is 6.14. The van der Waals surface area contributed by atoms with Gasteiger partial charge in [0.25, 0.3) is 0 Å². The number of alkyl halides is 1. The van der Waals surface area contributed by atoms with E-state index in [1.165, 1.54) is 12.1 Å². The van der Waals surface area contributed by atoms with E-state index in [-0.39, 0.29) is 5.82 Å². The predicted molar refractivity (Wildman–Crippen MR) is 76.0 cm³/mol. The Kier molecular flexibility index (Phi) is 4.58. The number of hydrogen-bond donors (Lipinski definition) is 0. The third-order valence-corrected chi connectivity index (χ3v) is 3.40. The Hall–Kier alpha value is -1.36. The molecule has 0 radical (unpaired) electrons. The molecule has 0 unspecified atom stereocenters. The summed E-state index contributed by atoms with van der Waals surface area (Å²) in [6, 6.07) is 6.69. The normalized spacial score (nSPS) is 10.7. The highest BCUT2D eigenvalue weighted by Crippen LogP contribution is 2.19. The van der Waals surface area contributed by atoms with Crippen molar-refractivity contribution in [3.05, 3.63) is 47.0 Å². The minimum atomic E-state index is -0.285. The van der Waals surface area contributed by atoms with E-state index in [0.717, 1.165) is 23.5 Å². The lowest BCUT2D eigenvalue weighted by atomic mass is 10.2. The molecule has 0 fully saturated rings. The van der Waals surface area contributed by atoms with Crippen LogP contribution in [0.2, 0.25) is 0 Å². The number of nitrogens with zero attached hydrogens (tertiary/aromatic N) is 2. The summed E-state index contributed by atoms with van der Waals surface area (Å²) in [6.45, 7) is 5.16. The Morgan fingerprint density at radius 2 is 2.11 bits per heavy atom. The topological polar surface area (TPSA) is 27.1 Å². The largest absolute Gasteiger partial charge is 0.487 e. The van der Waals surface area contributed by atoms with Gasteiger partial charge in [-0.2, -0.15) is 5.10 Å². The van der Waals surface area contributed by atoms with Crippen molar-refractivity contribution in [3.8, 4) is 5.75 Å². The Morgan fingerprint density at radius 1 is 1.32 bits per heavy atom. The molecule has 0 atom stereocenters. The molecule has 0 aliphatic carbocycles. The van der Waals surface area contributed by atoms with Crippen molar-refractivity contribution >= 4 is 15.9 Å². The molecule has 0 saturated heterocycles. The van der Waals surface area contributed by atoms with Crippen molar-refractivity contribution in [2.45, 2.75) is 32.3 Å². The number of halogens is 2. The molecule has 0 amide bonds. The van der Waals surface area contributed by atoms with E-state index in [2.05, 4.69) is 21.0 Å². The summed E-state index contributed by atoms with van der Waals surface area (Å²) in [7, 11) is 0. The third-order valence-electron chi connectivity index (χ3n) is 2.76. The van der Waals surface area contributed by atoms with E-state index in [1.807, 2.05) is 30.7 Å². The van der Waals surface area contributed by atoms with Crippen LogP contribution in [0.3, 0.4) is 0 Å². The lowest BCUT2D eigenvalue weighted by Gasteiger charge is -2.09. The van der Waals surface area contributed by atoms with Crippen molar-refractivity contribution in [1.82, 2.24) is 9.78 Å². The Morgan fingerprint density at radius 3 is 2.79 bits per heavy atom. The second-order valence-corrected chi connectivity index (χ2v) is 4.87. The maximum atomic E-state index is 13.4. The minimum absolute atomic E-state index is 0.285. The molecule has 0 spiro atoms. The first kappa shape index (κ1) is 14.1. The SMILES string of the molecule is CCn1nc(C)cc1COc1cc(F)cc(CBr)c1. The van der Waals surface area contributed by atoms with Gasteiger partial charge in [-0.05, 0) is 37.6 Å². The summed E-state index contributed by atoms with van der Waals surface area (Å²) in [4.78, 5) is 0. The molecule has 2 rings (SSSR count). The minimum Gasteiger partial charge on any atom is -0.487 e. The molecule has 102 valence electrons. The van der Waals surface area contributed by atoms with Crippen molar-refractivity contribution in [1.29, 1.82) is 0 Å². The van der Waals surface area contributed by atoms with Crippen molar-refractivity contribution in [3.63, 3.8) is 0 Å². The number of benzene rings is 1. The summed E-state index contributed by atoms with van der Waals surface area (Å²) < 4.78 is 20.9. The summed E-state index contributed by atoms with van der Waals surface area (Å²) in [6.07, 6.45) is 0. The van der Waals surface area contributed by atoms with Crippen LogP contribution in [-0.4, -0.2) is 9.78 Å². The molecule has 0 N–H and O–H groups in total. The van der Waals surface area contributed by atoms with Gasteiger partial charge in [0.05, 0.1) is 11.4 Å². The van der Waals surface area contributed by atoms with Gasteiger partial charge in [-0.1, -0.05) is 15.9 Å². The molecule has 5 heteroatoms. The molecule has 0 aliphatic rings. The zero-order chi connectivity index (χ0) is 13.8. The summed E-state index contributed by atoms with van der Waals surface area (Å²) in [5.41, 5.74) is 2.81. The zero-order valence-corrected chi connectivity index (χ0v) is 12.6. The van der Waals surface area contributed by atoms with Crippen molar-refractivity contribution < 1.29 is 9.13 Å². The number of aromatic nitrogens is 2. The second-order valence-electron chi connectivity index (χ2n) is 4.31. The number of ether oxygens (including phenoxy) is 1. The molecule has 1 heterocycles. The van der Waals surface area contributed by atoms with E-state index >= 15 is 0 Å². The van der Waals surface area contributed by atoms with Crippen LogP contribution in [0.1, 0.15) is 23.9 Å². The van der Waals surface area contributed by atoms with Crippen LogP contribution in [-0.2, 0) is 18.5 Å². The molecular weight excluding hydrogens is 311 g/mol. The fourth-order valence-corrected chi connectivity index (χ4v) is 2.25. The summed E-state index contributed by atoms with van der Waals surface area (Å²) in [5.74, 6) is 0.253. The molecule has 0 saturated carbocycles. The lowest BCUT2D eigenvalue weighted by molar-refractivity contribution is 0.291. The molecule has 0 aliphatic heterocycles. The third kappa shape index (κ3) is 3.56. The van der Waals surface area contributed by atoms with E-state index < -0.39 is 0 Å². The molecule has 2 aromatic rings. The average Bonchev–Trinajstić information content (AvgIpc) is 2.76. The van der Waals surface area contributed by atoms with Crippen LogP contribution in [0.15, 0.2) is 24.3 Å². The Labute approximate surface area is 120 Å². The number of hydrogen-bond acceptors (Lipinski definition) is 2. The summed E-state index contributed by atoms with van der Waals surface area (Å²) in [5, 5.41) is 4.95. The molecule has 3 nitrogen and oxygen atoms in total. The van der Waals surface area contributed by atoms with Gasteiger partial charge >= 0.3 is 0 Å². The Balaban J connectivity index is 2.11. The van der Waals surface area contributed by atoms with Gasteiger partial charge in [0, 0.05) is 17.9 Å². The smallest absolute Gasteiger partial charge is 0.130 e. The van der Waals surface area contributed by atoms with E-state index in [1.54, 1.807) is 0 Å². The monoisotopic (exact) mass is 326 g/mol. The van der Waals surface area contributed by atoms with Crippen molar-refractivity contribution in [2.75, 3.05) is 0 Å². The first-order chi connectivity index (χ1) is 9.12. The fourth-order valence-electron chi connectivity index (χ4n) is 1.93. The van der Waals surface area contributed by atoms with Crippen LogP contribution in [0, 0.1) is 12.7 Å². The highest BCUT2D eigenvalue weighted by Gasteiger charge is 2.06. The van der Waals surface area contributed by atoms with Crippen LogP contribution in [0.25, 0.3) is 0 Å². The highest BCUT2D eigenvalue weighted by atomic mass is 79.9. The van der Waals surface area contributed by atoms with Crippen molar-refractivity contribution in [2.24, 2.45) is 0 Å². The number of aryl methyl sites for hydroxylation is 2. The van der Waals surface area contributed by atoms with E-state index in [9.17, 15) is 4.39 Å². The predicted octanol–water partition coefficient (Wildman–Crippen LogP) is 3.82. The van der Waals surface area contributed by atoms with Gasteiger partial charge in [0.2, 0.25) is 0 Å².